The van der Waals surface area contributed by atoms with Crippen molar-refractivity contribution in [3.8, 4) is 0 Å². The summed E-state index contributed by atoms with van der Waals surface area (Å²) < 4.78 is 16.9. The van der Waals surface area contributed by atoms with Crippen LogP contribution in [0.25, 0.3) is 0 Å². The number of hydrogen-bond acceptors (Lipinski definition) is 6. The Balaban J connectivity index is 4.31. The van der Waals surface area contributed by atoms with E-state index in [0.717, 1.165) is 77.0 Å². The van der Waals surface area contributed by atoms with E-state index >= 15 is 0 Å². The number of rotatable bonds is 56. The van der Waals surface area contributed by atoms with Crippen molar-refractivity contribution in [2.24, 2.45) is 0 Å². The van der Waals surface area contributed by atoms with E-state index in [4.69, 9.17) is 14.2 Å². The molecule has 0 aliphatic carbocycles. The van der Waals surface area contributed by atoms with Gasteiger partial charge in [-0.1, -0.05) is 288 Å². The van der Waals surface area contributed by atoms with Crippen LogP contribution >= 0.6 is 0 Å². The van der Waals surface area contributed by atoms with Crippen LogP contribution in [-0.2, 0) is 28.6 Å². The molecule has 0 rings (SSSR count). The molecule has 0 aliphatic rings. The summed E-state index contributed by atoms with van der Waals surface area (Å²) in [6, 6.07) is 0. The highest BCUT2D eigenvalue weighted by atomic mass is 16.6. The number of esters is 3. The van der Waals surface area contributed by atoms with E-state index in [0.29, 0.717) is 19.3 Å². The monoisotopic (exact) mass is 969 g/mol. The Morgan fingerprint density at radius 1 is 0.290 bits per heavy atom. The van der Waals surface area contributed by atoms with Crippen LogP contribution in [0.1, 0.15) is 329 Å². The van der Waals surface area contributed by atoms with Crippen molar-refractivity contribution in [1.82, 2.24) is 0 Å². The van der Waals surface area contributed by atoms with Crippen LogP contribution in [-0.4, -0.2) is 37.2 Å². The van der Waals surface area contributed by atoms with E-state index in [1.54, 1.807) is 0 Å². The molecule has 0 radical (unpaired) electrons. The third kappa shape index (κ3) is 56.4. The van der Waals surface area contributed by atoms with Gasteiger partial charge in [0.25, 0.3) is 0 Å². The molecule has 0 saturated heterocycles. The first-order valence-corrected chi connectivity index (χ1v) is 30.5. The van der Waals surface area contributed by atoms with Crippen LogP contribution in [0.5, 0.6) is 0 Å². The molecule has 0 aromatic heterocycles. The molecule has 404 valence electrons. The van der Waals surface area contributed by atoms with Gasteiger partial charge in [0.05, 0.1) is 0 Å². The summed E-state index contributed by atoms with van der Waals surface area (Å²) in [7, 11) is 0. The molecule has 0 fully saturated rings. The molecule has 0 bridgehead atoms. The van der Waals surface area contributed by atoms with Gasteiger partial charge in [-0.2, -0.15) is 0 Å². The van der Waals surface area contributed by atoms with E-state index in [2.05, 4.69) is 57.2 Å². The van der Waals surface area contributed by atoms with E-state index < -0.39 is 6.10 Å². The van der Waals surface area contributed by atoms with Gasteiger partial charge in [-0.3, -0.25) is 14.4 Å². The molecule has 0 aliphatic heterocycles. The van der Waals surface area contributed by atoms with Gasteiger partial charge in [0.15, 0.2) is 6.10 Å². The van der Waals surface area contributed by atoms with Gasteiger partial charge in [-0.05, 0) is 57.8 Å². The standard InChI is InChI=1S/C63H116O6/c1-4-7-10-13-16-19-22-25-27-29-31-33-34-36-38-41-44-47-50-53-56-62(65)68-59-60(58-67-61(64)55-52-49-46-43-40-24-21-18-15-12-9-6-3)69-63(66)57-54-51-48-45-42-39-37-35-32-30-28-26-23-20-17-14-11-8-5-2/h17,20,26,28,32,35,60H,4-16,18-19,21-25,27,29-31,33-34,36-59H2,1-3H3/b20-17-,28-26-,35-32-. The zero-order valence-corrected chi connectivity index (χ0v) is 46.3. The molecule has 0 spiro atoms. The van der Waals surface area contributed by atoms with Crippen molar-refractivity contribution in [2.75, 3.05) is 13.2 Å². The third-order valence-corrected chi connectivity index (χ3v) is 13.6. The Kier molecular flexibility index (Phi) is 56.2. The van der Waals surface area contributed by atoms with Crippen molar-refractivity contribution in [3.63, 3.8) is 0 Å². The second-order valence-electron chi connectivity index (χ2n) is 20.6. The first-order chi connectivity index (χ1) is 34.0. The van der Waals surface area contributed by atoms with Gasteiger partial charge in [0.2, 0.25) is 0 Å². The molecule has 0 N–H and O–H groups in total. The topological polar surface area (TPSA) is 78.9 Å². The molecular weight excluding hydrogens is 853 g/mol. The zero-order chi connectivity index (χ0) is 50.0. The molecule has 69 heavy (non-hydrogen) atoms. The normalized spacial score (nSPS) is 12.2. The molecule has 6 heteroatoms. The summed E-state index contributed by atoms with van der Waals surface area (Å²) in [6.45, 7) is 6.65. The molecule has 0 aromatic carbocycles. The second-order valence-corrected chi connectivity index (χ2v) is 20.6. The Labute approximate surface area is 429 Å². The van der Waals surface area contributed by atoms with Gasteiger partial charge in [-0.25, -0.2) is 0 Å². The molecule has 0 saturated carbocycles. The molecule has 0 aromatic rings. The quantitative estimate of drug-likeness (QED) is 0.0261. The smallest absolute Gasteiger partial charge is 0.306 e. The van der Waals surface area contributed by atoms with Crippen molar-refractivity contribution in [3.05, 3.63) is 36.5 Å². The van der Waals surface area contributed by atoms with Crippen LogP contribution in [0.3, 0.4) is 0 Å². The minimum absolute atomic E-state index is 0.0725. The minimum atomic E-state index is -0.775. The maximum absolute atomic E-state index is 12.9. The average Bonchev–Trinajstić information content (AvgIpc) is 3.35. The molecule has 0 amide bonds. The fourth-order valence-corrected chi connectivity index (χ4v) is 9.04. The van der Waals surface area contributed by atoms with Crippen molar-refractivity contribution in [2.45, 2.75) is 335 Å². The Bertz CT molecular complexity index is 1160. The molecule has 1 atom stereocenters. The highest BCUT2D eigenvalue weighted by molar-refractivity contribution is 5.71. The van der Waals surface area contributed by atoms with Gasteiger partial charge in [-0.15, -0.1) is 0 Å². The van der Waals surface area contributed by atoms with Crippen LogP contribution in [0.4, 0.5) is 0 Å². The second kappa shape index (κ2) is 58.2. The van der Waals surface area contributed by atoms with Crippen LogP contribution in [0.15, 0.2) is 36.5 Å². The highest BCUT2D eigenvalue weighted by Crippen LogP contribution is 2.17. The van der Waals surface area contributed by atoms with Crippen molar-refractivity contribution >= 4 is 17.9 Å². The van der Waals surface area contributed by atoms with Gasteiger partial charge in [0.1, 0.15) is 13.2 Å². The number of hydrogen-bond donors (Lipinski definition) is 0. The molecule has 1 unspecified atom stereocenters. The van der Waals surface area contributed by atoms with E-state index in [1.165, 1.54) is 212 Å². The maximum Gasteiger partial charge on any atom is 0.306 e. The van der Waals surface area contributed by atoms with Crippen LogP contribution in [0, 0.1) is 0 Å². The lowest BCUT2D eigenvalue weighted by Gasteiger charge is -2.18. The largest absolute Gasteiger partial charge is 0.462 e. The van der Waals surface area contributed by atoms with Gasteiger partial charge < -0.3 is 14.2 Å². The number of unbranched alkanes of at least 4 members (excludes halogenated alkanes) is 39. The summed E-state index contributed by atoms with van der Waals surface area (Å²) in [4.78, 5) is 38.2. The third-order valence-electron chi connectivity index (χ3n) is 13.6. The minimum Gasteiger partial charge on any atom is -0.462 e. The highest BCUT2D eigenvalue weighted by Gasteiger charge is 2.19. The van der Waals surface area contributed by atoms with Crippen molar-refractivity contribution < 1.29 is 28.6 Å². The van der Waals surface area contributed by atoms with Gasteiger partial charge in [0, 0.05) is 19.3 Å². The first kappa shape index (κ1) is 66.6. The van der Waals surface area contributed by atoms with Crippen LogP contribution < -0.4 is 0 Å². The summed E-state index contributed by atoms with van der Waals surface area (Å²) in [5.41, 5.74) is 0. The molecular formula is C63H116O6. The van der Waals surface area contributed by atoms with E-state index in [9.17, 15) is 14.4 Å². The Morgan fingerprint density at radius 3 is 0.841 bits per heavy atom. The number of ether oxygens (including phenoxy) is 3. The summed E-state index contributed by atoms with van der Waals surface area (Å²) in [6.07, 6.45) is 70.0. The van der Waals surface area contributed by atoms with Crippen LogP contribution in [0.2, 0.25) is 0 Å². The van der Waals surface area contributed by atoms with Gasteiger partial charge >= 0.3 is 17.9 Å². The summed E-state index contributed by atoms with van der Waals surface area (Å²) >= 11 is 0. The average molecular weight is 970 g/mol. The Hall–Kier alpha value is -2.37. The maximum atomic E-state index is 12.9. The lowest BCUT2D eigenvalue weighted by molar-refractivity contribution is -0.167. The SMILES string of the molecule is CCCCC/C=C\C/C=C\C/C=C\CCCCCCCCC(=O)OC(COC(=O)CCCCCCCCCCCCCC)COC(=O)CCCCCCCCCCCCCCCCCCCCCC. The summed E-state index contributed by atoms with van der Waals surface area (Å²) in [5.74, 6) is -0.864. The van der Waals surface area contributed by atoms with E-state index in [1.807, 2.05) is 0 Å². The Morgan fingerprint density at radius 2 is 0.522 bits per heavy atom. The number of carbonyl (C=O) groups is 3. The lowest BCUT2D eigenvalue weighted by Crippen LogP contribution is -2.30. The van der Waals surface area contributed by atoms with Crippen molar-refractivity contribution in [1.29, 1.82) is 0 Å². The lowest BCUT2D eigenvalue weighted by atomic mass is 10.0. The number of carbonyl (C=O) groups excluding carboxylic acids is 3. The predicted molar refractivity (Wildman–Crippen MR) is 298 cm³/mol. The fourth-order valence-electron chi connectivity index (χ4n) is 9.04. The fraction of sp³-hybridized carbons (Fsp3) is 0.857. The molecule has 0 heterocycles. The van der Waals surface area contributed by atoms with E-state index in [-0.39, 0.29) is 31.1 Å². The number of allylic oxidation sites excluding steroid dienone is 6. The molecule has 6 nitrogen and oxygen atoms in total. The summed E-state index contributed by atoms with van der Waals surface area (Å²) in [5, 5.41) is 0. The predicted octanol–water partition coefficient (Wildman–Crippen LogP) is 20.4. The first-order valence-electron chi connectivity index (χ1n) is 30.5. The zero-order valence-electron chi connectivity index (χ0n) is 46.3.